The fourth-order valence-corrected chi connectivity index (χ4v) is 2.39. The first kappa shape index (κ1) is 19.9. The van der Waals surface area contributed by atoms with E-state index in [1.807, 2.05) is 42.5 Å². The van der Waals surface area contributed by atoms with Crippen LogP contribution in [-0.4, -0.2) is 30.8 Å². The van der Waals surface area contributed by atoms with Crippen molar-refractivity contribution in [2.24, 2.45) is 0 Å². The van der Waals surface area contributed by atoms with E-state index in [9.17, 15) is 4.79 Å². The average molecular weight is 357 g/mol. The van der Waals surface area contributed by atoms with E-state index < -0.39 is 5.97 Å². The van der Waals surface area contributed by atoms with E-state index in [1.54, 1.807) is 0 Å². The third-order valence-electron chi connectivity index (χ3n) is 3.83. The molecule has 0 aliphatic heterocycles. The van der Waals surface area contributed by atoms with Crippen molar-refractivity contribution in [3.05, 3.63) is 65.7 Å². The van der Waals surface area contributed by atoms with Crippen molar-refractivity contribution in [2.45, 2.75) is 32.4 Å². The Morgan fingerprint density at radius 3 is 2.38 bits per heavy atom. The molecule has 0 radical (unpaired) electrons. The normalized spacial score (nSPS) is 10.6. The van der Waals surface area contributed by atoms with Gasteiger partial charge in [0.05, 0.1) is 19.6 Å². The van der Waals surface area contributed by atoms with Crippen LogP contribution in [0.15, 0.2) is 54.6 Å². The summed E-state index contributed by atoms with van der Waals surface area (Å²) >= 11 is 0. The van der Waals surface area contributed by atoms with Crippen LogP contribution in [0.3, 0.4) is 0 Å². The van der Waals surface area contributed by atoms with Gasteiger partial charge in [0.25, 0.3) is 0 Å². The van der Waals surface area contributed by atoms with Gasteiger partial charge < -0.3 is 19.9 Å². The summed E-state index contributed by atoms with van der Waals surface area (Å²) in [5.74, 6) is 0.0659. The summed E-state index contributed by atoms with van der Waals surface area (Å²) in [7, 11) is 0. The Morgan fingerprint density at radius 1 is 0.923 bits per heavy atom. The summed E-state index contributed by atoms with van der Waals surface area (Å²) in [6.45, 7) is 3.19. The monoisotopic (exact) mass is 357 g/mol. The fraction of sp³-hybridized carbons (Fsp3) is 0.381. The summed E-state index contributed by atoms with van der Waals surface area (Å²) in [4.78, 5) is 10.4. The second-order valence-electron chi connectivity index (χ2n) is 6.06. The number of hydrogen-bond acceptors (Lipinski definition) is 4. The Bertz CT molecular complexity index is 628. The molecule has 0 aliphatic rings. The maximum Gasteiger partial charge on any atom is 0.304 e. The first-order valence-corrected chi connectivity index (χ1v) is 9.00. The highest BCUT2D eigenvalue weighted by Gasteiger charge is 1.99. The second kappa shape index (κ2) is 12.1. The van der Waals surface area contributed by atoms with Gasteiger partial charge >= 0.3 is 5.97 Å². The van der Waals surface area contributed by atoms with Gasteiger partial charge in [-0.3, -0.25) is 4.79 Å². The van der Waals surface area contributed by atoms with Gasteiger partial charge in [-0.05, 0) is 36.1 Å². The van der Waals surface area contributed by atoms with Crippen LogP contribution in [0.2, 0.25) is 0 Å². The van der Waals surface area contributed by atoms with Gasteiger partial charge in [-0.15, -0.1) is 0 Å². The summed E-state index contributed by atoms with van der Waals surface area (Å²) in [5, 5.41) is 11.7. The maximum absolute atomic E-state index is 10.4. The van der Waals surface area contributed by atoms with Crippen molar-refractivity contribution in [1.29, 1.82) is 0 Å². The number of carbonyl (C=O) groups is 1. The van der Waals surface area contributed by atoms with Crippen molar-refractivity contribution >= 4 is 5.97 Å². The van der Waals surface area contributed by atoms with Crippen LogP contribution >= 0.6 is 0 Å². The third kappa shape index (κ3) is 8.65. The SMILES string of the molecule is O=C(O)CCNCc1ccc(OCCCCOCc2ccccc2)cc1. The molecule has 2 N–H and O–H groups in total. The van der Waals surface area contributed by atoms with Gasteiger partial charge in [-0.2, -0.15) is 0 Å². The van der Waals surface area contributed by atoms with E-state index in [2.05, 4.69) is 17.4 Å². The highest BCUT2D eigenvalue weighted by Crippen LogP contribution is 2.12. The number of nitrogens with one attached hydrogen (secondary N) is 1. The van der Waals surface area contributed by atoms with Gasteiger partial charge in [-0.1, -0.05) is 42.5 Å². The first-order chi connectivity index (χ1) is 12.7. The number of aliphatic carboxylic acids is 1. The minimum absolute atomic E-state index is 0.135. The largest absolute Gasteiger partial charge is 0.494 e. The fourth-order valence-electron chi connectivity index (χ4n) is 2.39. The zero-order valence-electron chi connectivity index (χ0n) is 15.0. The van der Waals surface area contributed by atoms with E-state index in [-0.39, 0.29) is 6.42 Å². The first-order valence-electron chi connectivity index (χ1n) is 9.00. The molecule has 0 fully saturated rings. The van der Waals surface area contributed by atoms with E-state index in [1.165, 1.54) is 5.56 Å². The zero-order chi connectivity index (χ0) is 18.5. The molecule has 0 saturated carbocycles. The molecule has 2 aromatic carbocycles. The lowest BCUT2D eigenvalue weighted by atomic mass is 10.2. The Balaban J connectivity index is 1.50. The van der Waals surface area contributed by atoms with E-state index in [4.69, 9.17) is 14.6 Å². The molecule has 26 heavy (non-hydrogen) atoms. The lowest BCUT2D eigenvalue weighted by Crippen LogP contribution is -2.17. The van der Waals surface area contributed by atoms with E-state index in [0.717, 1.165) is 30.8 Å². The van der Waals surface area contributed by atoms with Crippen LogP contribution in [-0.2, 0) is 22.7 Å². The Morgan fingerprint density at radius 2 is 1.65 bits per heavy atom. The molecule has 2 aromatic rings. The summed E-state index contributed by atoms with van der Waals surface area (Å²) in [6, 6.07) is 18.0. The highest BCUT2D eigenvalue weighted by atomic mass is 16.5. The molecule has 0 unspecified atom stereocenters. The van der Waals surface area contributed by atoms with Gasteiger partial charge in [0.1, 0.15) is 5.75 Å². The number of carboxylic acids is 1. The minimum Gasteiger partial charge on any atom is -0.494 e. The number of ether oxygens (including phenoxy) is 2. The second-order valence-corrected chi connectivity index (χ2v) is 6.06. The summed E-state index contributed by atoms with van der Waals surface area (Å²) in [6.07, 6.45) is 2.06. The molecule has 0 atom stereocenters. The molecule has 0 bridgehead atoms. The molecule has 0 spiro atoms. The van der Waals surface area contributed by atoms with Crippen LogP contribution in [0.25, 0.3) is 0 Å². The zero-order valence-corrected chi connectivity index (χ0v) is 15.0. The predicted octanol–water partition coefficient (Wildman–Crippen LogP) is 3.63. The topological polar surface area (TPSA) is 67.8 Å². The van der Waals surface area contributed by atoms with Gasteiger partial charge in [0.15, 0.2) is 0 Å². The van der Waals surface area contributed by atoms with Crippen molar-refractivity contribution in [3.8, 4) is 5.75 Å². The highest BCUT2D eigenvalue weighted by molar-refractivity contribution is 5.66. The average Bonchev–Trinajstić information content (AvgIpc) is 2.66. The van der Waals surface area contributed by atoms with Crippen molar-refractivity contribution in [2.75, 3.05) is 19.8 Å². The lowest BCUT2D eigenvalue weighted by molar-refractivity contribution is -0.136. The molecule has 0 aliphatic carbocycles. The van der Waals surface area contributed by atoms with Crippen LogP contribution in [0.5, 0.6) is 5.75 Å². The number of hydrogen-bond donors (Lipinski definition) is 2. The van der Waals surface area contributed by atoms with Crippen molar-refractivity contribution in [3.63, 3.8) is 0 Å². The number of unbranched alkanes of at least 4 members (excludes halogenated alkanes) is 1. The molecule has 5 heteroatoms. The molecular weight excluding hydrogens is 330 g/mol. The van der Waals surface area contributed by atoms with Crippen molar-refractivity contribution in [1.82, 2.24) is 5.32 Å². The third-order valence-corrected chi connectivity index (χ3v) is 3.83. The van der Waals surface area contributed by atoms with Crippen LogP contribution in [0.1, 0.15) is 30.4 Å². The van der Waals surface area contributed by atoms with E-state index >= 15 is 0 Å². The number of carboxylic acid groups (broad SMARTS) is 1. The molecule has 2 rings (SSSR count). The Labute approximate surface area is 155 Å². The van der Waals surface area contributed by atoms with Crippen LogP contribution in [0.4, 0.5) is 0 Å². The van der Waals surface area contributed by atoms with Gasteiger partial charge in [-0.25, -0.2) is 0 Å². The standard InChI is InChI=1S/C21H27NO4/c23-21(24)12-13-22-16-18-8-10-20(11-9-18)26-15-5-4-14-25-17-19-6-2-1-3-7-19/h1-3,6-11,22H,4-5,12-17H2,(H,23,24). The van der Waals surface area contributed by atoms with Gasteiger partial charge in [0, 0.05) is 19.7 Å². The summed E-state index contributed by atoms with van der Waals surface area (Å²) in [5.41, 5.74) is 2.30. The molecule has 0 saturated heterocycles. The molecule has 0 heterocycles. The molecule has 0 aromatic heterocycles. The predicted molar refractivity (Wildman–Crippen MR) is 101 cm³/mol. The van der Waals surface area contributed by atoms with Crippen LogP contribution < -0.4 is 10.1 Å². The minimum atomic E-state index is -0.785. The number of benzene rings is 2. The maximum atomic E-state index is 10.4. The smallest absolute Gasteiger partial charge is 0.304 e. The van der Waals surface area contributed by atoms with E-state index in [0.29, 0.717) is 26.3 Å². The quantitative estimate of drug-likeness (QED) is 0.536. The van der Waals surface area contributed by atoms with Crippen LogP contribution in [0, 0.1) is 0 Å². The summed E-state index contributed by atoms with van der Waals surface area (Å²) < 4.78 is 11.4. The van der Waals surface area contributed by atoms with Gasteiger partial charge in [0.2, 0.25) is 0 Å². The Kier molecular flexibility index (Phi) is 9.25. The molecule has 140 valence electrons. The molecule has 0 amide bonds. The molecular formula is C21H27NO4. The van der Waals surface area contributed by atoms with Crippen molar-refractivity contribution < 1.29 is 19.4 Å². The lowest BCUT2D eigenvalue weighted by Gasteiger charge is -2.08. The molecule has 5 nitrogen and oxygen atoms in total. The Hall–Kier alpha value is -2.37. The number of rotatable bonds is 13.